The van der Waals surface area contributed by atoms with E-state index in [1.807, 2.05) is 31.2 Å². The molecule has 3 heteroatoms. The molecule has 0 spiro atoms. The second kappa shape index (κ2) is 7.69. The number of thioether (sulfide) groups is 1. The maximum atomic E-state index is 12.7. The van der Waals surface area contributed by atoms with E-state index in [1.54, 1.807) is 11.8 Å². The molecule has 122 valence electrons. The zero-order valence-electron chi connectivity index (χ0n) is 14.5. The molecule has 0 aromatic heterocycles. The Morgan fingerprint density at radius 2 is 1.70 bits per heavy atom. The van der Waals surface area contributed by atoms with Crippen molar-refractivity contribution in [3.8, 4) is 0 Å². The van der Waals surface area contributed by atoms with Gasteiger partial charge in [-0.15, -0.1) is 11.8 Å². The van der Waals surface area contributed by atoms with Gasteiger partial charge in [0, 0.05) is 10.1 Å². The van der Waals surface area contributed by atoms with E-state index in [0.29, 0.717) is 5.25 Å². The van der Waals surface area contributed by atoms with Crippen LogP contribution in [0.5, 0.6) is 0 Å². The van der Waals surface area contributed by atoms with E-state index in [0.717, 1.165) is 16.0 Å². The van der Waals surface area contributed by atoms with Gasteiger partial charge in [-0.1, -0.05) is 44.2 Å². The quantitative estimate of drug-likeness (QED) is 0.756. The summed E-state index contributed by atoms with van der Waals surface area (Å²) in [6.45, 7) is 10.5. The van der Waals surface area contributed by atoms with Crippen LogP contribution in [0.4, 0.5) is 0 Å². The van der Waals surface area contributed by atoms with Crippen LogP contribution < -0.4 is 5.32 Å². The molecule has 2 rings (SSSR count). The number of rotatable bonds is 5. The summed E-state index contributed by atoms with van der Waals surface area (Å²) >= 11 is 1.72. The number of amides is 1. The van der Waals surface area contributed by atoms with Crippen LogP contribution in [0, 0.1) is 13.8 Å². The van der Waals surface area contributed by atoms with E-state index < -0.39 is 0 Å². The molecule has 0 aliphatic carbocycles. The average molecular weight is 327 g/mol. The van der Waals surface area contributed by atoms with Crippen LogP contribution in [0.1, 0.15) is 53.9 Å². The molecule has 1 atom stereocenters. The number of nitrogens with one attached hydrogen (secondary N) is 1. The normalized spacial score (nSPS) is 12.3. The van der Waals surface area contributed by atoms with Crippen LogP contribution in [0.25, 0.3) is 0 Å². The number of hydrogen-bond acceptors (Lipinski definition) is 2. The van der Waals surface area contributed by atoms with Gasteiger partial charge in [0.2, 0.25) is 0 Å². The lowest BCUT2D eigenvalue weighted by Gasteiger charge is -2.17. The molecule has 2 aromatic carbocycles. The lowest BCUT2D eigenvalue weighted by Crippen LogP contribution is -2.27. The van der Waals surface area contributed by atoms with Crippen LogP contribution in [-0.4, -0.2) is 11.2 Å². The van der Waals surface area contributed by atoms with Crippen molar-refractivity contribution < 1.29 is 4.79 Å². The highest BCUT2D eigenvalue weighted by Gasteiger charge is 2.15. The summed E-state index contributed by atoms with van der Waals surface area (Å²) in [4.78, 5) is 13.7. The lowest BCUT2D eigenvalue weighted by atomic mass is 10.0. The van der Waals surface area contributed by atoms with Crippen LogP contribution in [0.2, 0.25) is 0 Å². The number of hydrogen-bond donors (Lipinski definition) is 1. The Morgan fingerprint density at radius 3 is 2.35 bits per heavy atom. The minimum atomic E-state index is -0.0149. The monoisotopic (exact) mass is 327 g/mol. The Hall–Kier alpha value is -1.74. The van der Waals surface area contributed by atoms with Crippen molar-refractivity contribution in [3.05, 3.63) is 64.7 Å². The van der Waals surface area contributed by atoms with Gasteiger partial charge in [0.05, 0.1) is 11.6 Å². The Balaban J connectivity index is 2.16. The molecule has 1 amide bonds. The van der Waals surface area contributed by atoms with Crippen molar-refractivity contribution in [1.82, 2.24) is 5.32 Å². The number of benzene rings is 2. The molecule has 2 nitrogen and oxygen atoms in total. The summed E-state index contributed by atoms with van der Waals surface area (Å²) in [5, 5.41) is 3.57. The molecular formula is C20H25NOS. The second-order valence-corrected chi connectivity index (χ2v) is 7.82. The highest BCUT2D eigenvalue weighted by atomic mass is 32.2. The standard InChI is InChI=1S/C20H25NOS/c1-13(2)23-19-9-7-6-8-18(19)20(22)21-16(5)17-11-10-14(3)15(4)12-17/h6-13,16H,1-5H3,(H,21,22)/t16-/m1/s1. The molecule has 0 bridgehead atoms. The summed E-state index contributed by atoms with van der Waals surface area (Å²) in [5.74, 6) is -0.0144. The maximum Gasteiger partial charge on any atom is 0.252 e. The number of aryl methyl sites for hydroxylation is 2. The minimum Gasteiger partial charge on any atom is -0.345 e. The fraction of sp³-hybridized carbons (Fsp3) is 0.350. The van der Waals surface area contributed by atoms with Crippen molar-refractivity contribution in [2.45, 2.75) is 50.8 Å². The van der Waals surface area contributed by atoms with Gasteiger partial charge in [-0.3, -0.25) is 4.79 Å². The van der Waals surface area contributed by atoms with Crippen LogP contribution in [0.15, 0.2) is 47.4 Å². The van der Waals surface area contributed by atoms with Gasteiger partial charge in [-0.2, -0.15) is 0 Å². The molecule has 0 aliphatic heterocycles. The van der Waals surface area contributed by atoms with Crippen molar-refractivity contribution >= 4 is 17.7 Å². The van der Waals surface area contributed by atoms with Crippen LogP contribution in [-0.2, 0) is 0 Å². The third kappa shape index (κ3) is 4.61. The van der Waals surface area contributed by atoms with Gasteiger partial charge in [-0.05, 0) is 49.6 Å². The van der Waals surface area contributed by atoms with Crippen molar-refractivity contribution in [2.24, 2.45) is 0 Å². The molecule has 0 heterocycles. The van der Waals surface area contributed by atoms with Crippen LogP contribution >= 0.6 is 11.8 Å². The van der Waals surface area contributed by atoms with Gasteiger partial charge in [0.25, 0.3) is 5.91 Å². The molecular weight excluding hydrogens is 302 g/mol. The Morgan fingerprint density at radius 1 is 1.00 bits per heavy atom. The third-order valence-electron chi connectivity index (χ3n) is 3.87. The first-order valence-electron chi connectivity index (χ1n) is 8.02. The minimum absolute atomic E-state index is 0.0144. The van der Waals surface area contributed by atoms with E-state index in [4.69, 9.17) is 0 Å². The highest BCUT2D eigenvalue weighted by molar-refractivity contribution is 8.00. The molecule has 2 aromatic rings. The Kier molecular flexibility index (Phi) is 5.89. The Bertz CT molecular complexity index is 694. The summed E-state index contributed by atoms with van der Waals surface area (Å²) in [7, 11) is 0. The molecule has 0 fully saturated rings. The van der Waals surface area contributed by atoms with E-state index in [9.17, 15) is 4.79 Å². The molecule has 0 saturated heterocycles. The first-order valence-corrected chi connectivity index (χ1v) is 8.90. The first kappa shape index (κ1) is 17.6. The maximum absolute atomic E-state index is 12.7. The second-order valence-electron chi connectivity index (χ2n) is 6.20. The zero-order valence-corrected chi connectivity index (χ0v) is 15.3. The van der Waals surface area contributed by atoms with Gasteiger partial charge < -0.3 is 5.32 Å². The largest absolute Gasteiger partial charge is 0.345 e. The molecule has 0 saturated carbocycles. The van der Waals surface area contributed by atoms with Crippen LogP contribution in [0.3, 0.4) is 0 Å². The third-order valence-corrected chi connectivity index (χ3v) is 4.95. The summed E-state index contributed by atoms with van der Waals surface area (Å²) in [6, 6.07) is 14.1. The van der Waals surface area contributed by atoms with Crippen molar-refractivity contribution in [3.63, 3.8) is 0 Å². The first-order chi connectivity index (χ1) is 10.9. The lowest BCUT2D eigenvalue weighted by molar-refractivity contribution is 0.0937. The zero-order chi connectivity index (χ0) is 17.0. The van der Waals surface area contributed by atoms with E-state index in [2.05, 4.69) is 51.2 Å². The Labute approximate surface area is 143 Å². The predicted molar refractivity (Wildman–Crippen MR) is 99.2 cm³/mol. The SMILES string of the molecule is Cc1ccc([C@@H](C)NC(=O)c2ccccc2SC(C)C)cc1C. The van der Waals surface area contributed by atoms with Crippen molar-refractivity contribution in [1.29, 1.82) is 0 Å². The van der Waals surface area contributed by atoms with Gasteiger partial charge in [0.15, 0.2) is 0 Å². The molecule has 0 unspecified atom stereocenters. The average Bonchev–Trinajstić information content (AvgIpc) is 2.49. The van der Waals surface area contributed by atoms with Gasteiger partial charge >= 0.3 is 0 Å². The van der Waals surface area contributed by atoms with Gasteiger partial charge in [-0.25, -0.2) is 0 Å². The fourth-order valence-corrected chi connectivity index (χ4v) is 3.36. The van der Waals surface area contributed by atoms with E-state index >= 15 is 0 Å². The van der Waals surface area contributed by atoms with E-state index in [-0.39, 0.29) is 11.9 Å². The smallest absolute Gasteiger partial charge is 0.252 e. The summed E-state index contributed by atoms with van der Waals surface area (Å²) < 4.78 is 0. The predicted octanol–water partition coefficient (Wildman–Crippen LogP) is 5.29. The summed E-state index contributed by atoms with van der Waals surface area (Å²) in [5.41, 5.74) is 4.41. The molecule has 1 N–H and O–H groups in total. The van der Waals surface area contributed by atoms with E-state index in [1.165, 1.54) is 11.1 Å². The number of carbonyl (C=O) groups excluding carboxylic acids is 1. The van der Waals surface area contributed by atoms with Crippen molar-refractivity contribution in [2.75, 3.05) is 0 Å². The fourth-order valence-electron chi connectivity index (χ4n) is 2.40. The highest BCUT2D eigenvalue weighted by Crippen LogP contribution is 2.27. The number of carbonyl (C=O) groups is 1. The summed E-state index contributed by atoms with van der Waals surface area (Å²) in [6.07, 6.45) is 0. The topological polar surface area (TPSA) is 29.1 Å². The molecule has 23 heavy (non-hydrogen) atoms. The van der Waals surface area contributed by atoms with Gasteiger partial charge in [0.1, 0.15) is 0 Å². The molecule has 0 radical (unpaired) electrons. The molecule has 0 aliphatic rings.